The number of benzene rings is 1. The number of rotatable bonds is 7. The van der Waals surface area contributed by atoms with Crippen LogP contribution in [0.3, 0.4) is 0 Å². The van der Waals surface area contributed by atoms with E-state index >= 15 is 0 Å². The number of allylic oxidation sites excluding steroid dienone is 2. The average Bonchev–Trinajstić information content (AvgIpc) is 3.34. The minimum Gasteiger partial charge on any atom is -0.369 e. The summed E-state index contributed by atoms with van der Waals surface area (Å²) in [5.41, 5.74) is 5.04. The van der Waals surface area contributed by atoms with Gasteiger partial charge in [-0.05, 0) is 67.5 Å². The Kier molecular flexibility index (Phi) is 5.38. The maximum Gasteiger partial charge on any atom is 0.249 e. The zero-order valence-corrected chi connectivity index (χ0v) is 17.6. The lowest BCUT2D eigenvalue weighted by atomic mass is 9.99. The maximum atomic E-state index is 12.1. The zero-order chi connectivity index (χ0) is 21.2. The Balaban J connectivity index is 1.44. The summed E-state index contributed by atoms with van der Waals surface area (Å²) in [5, 5.41) is 7.27. The van der Waals surface area contributed by atoms with Gasteiger partial charge in [0.25, 0.3) is 0 Å². The van der Waals surface area contributed by atoms with Gasteiger partial charge in [0.2, 0.25) is 11.9 Å². The molecule has 1 fully saturated rings. The van der Waals surface area contributed by atoms with Gasteiger partial charge in [0, 0.05) is 17.7 Å². The number of hydrogen-bond acceptors (Lipinski definition) is 4. The van der Waals surface area contributed by atoms with E-state index in [1.807, 2.05) is 31.3 Å². The number of carbonyl (C=O) groups excluding carboxylic acids is 1. The normalized spacial score (nSPS) is 18.3. The van der Waals surface area contributed by atoms with Crippen molar-refractivity contribution >= 4 is 23.6 Å². The van der Waals surface area contributed by atoms with E-state index in [4.69, 9.17) is 4.74 Å². The van der Waals surface area contributed by atoms with E-state index in [0.717, 1.165) is 53.6 Å². The first kappa shape index (κ1) is 19.7. The van der Waals surface area contributed by atoms with Crippen LogP contribution in [0.5, 0.6) is 0 Å². The van der Waals surface area contributed by atoms with Crippen LogP contribution in [-0.4, -0.2) is 26.6 Å². The number of nitrogens with zero attached hydrogens (tertiary/aromatic N) is 3. The van der Waals surface area contributed by atoms with Gasteiger partial charge in [-0.3, -0.25) is 10.1 Å². The molecular weight excluding hydrogens is 388 g/mol. The largest absolute Gasteiger partial charge is 0.369 e. The van der Waals surface area contributed by atoms with Crippen molar-refractivity contribution in [3.05, 3.63) is 65.9 Å². The number of ether oxygens (including phenoxy) is 1. The number of nitrogens with one attached hydrogen (secondary N) is 1. The molecule has 6 nitrogen and oxygen atoms in total. The number of aromatic nitrogens is 3. The highest BCUT2D eigenvalue weighted by Gasteiger charge is 2.30. The zero-order valence-electron chi connectivity index (χ0n) is 17.6. The van der Waals surface area contributed by atoms with Gasteiger partial charge < -0.3 is 4.74 Å². The van der Waals surface area contributed by atoms with Crippen molar-refractivity contribution in [2.45, 2.75) is 45.3 Å². The quantitative estimate of drug-likeness (QED) is 0.552. The van der Waals surface area contributed by atoms with Crippen molar-refractivity contribution in [1.29, 1.82) is 0 Å². The molecule has 1 aromatic carbocycles. The topological polar surface area (TPSA) is 68.5 Å². The van der Waals surface area contributed by atoms with E-state index in [1.54, 1.807) is 4.52 Å². The molecule has 2 aromatic heterocycles. The Labute approximate surface area is 181 Å². The summed E-state index contributed by atoms with van der Waals surface area (Å²) >= 11 is 0. The van der Waals surface area contributed by atoms with Gasteiger partial charge in [0.05, 0.1) is 12.7 Å². The standard InChI is InChI=1S/C25H26N4O2/c1-2-6-18-15-19(12-13-20(18)16-31-21-7-3-4-8-21)22-9-5-14-29-23(22)26-25(28-29)27-24(30)17-10-11-17/h2-3,5-7,9,12-15,17,21H,4,8,10-11,16H2,1H3,(H,27,28,30). The Bertz CT molecular complexity index is 1170. The smallest absolute Gasteiger partial charge is 0.249 e. The third kappa shape index (κ3) is 4.30. The van der Waals surface area contributed by atoms with Crippen LogP contribution in [0.2, 0.25) is 0 Å². The van der Waals surface area contributed by atoms with Gasteiger partial charge in [-0.25, -0.2) is 4.52 Å². The van der Waals surface area contributed by atoms with Crippen LogP contribution in [0.15, 0.2) is 54.8 Å². The predicted molar refractivity (Wildman–Crippen MR) is 121 cm³/mol. The molecule has 5 rings (SSSR count). The van der Waals surface area contributed by atoms with Crippen LogP contribution in [0.1, 0.15) is 43.7 Å². The second-order valence-electron chi connectivity index (χ2n) is 8.16. The molecule has 0 radical (unpaired) electrons. The molecule has 1 saturated carbocycles. The van der Waals surface area contributed by atoms with E-state index in [2.05, 4.69) is 51.8 Å². The fourth-order valence-electron chi connectivity index (χ4n) is 3.91. The second kappa shape index (κ2) is 8.47. The minimum absolute atomic E-state index is 0.00860. The molecule has 0 spiro atoms. The van der Waals surface area contributed by atoms with Crippen LogP contribution in [-0.2, 0) is 16.1 Å². The first-order valence-electron chi connectivity index (χ1n) is 10.9. The number of carbonyl (C=O) groups is 1. The van der Waals surface area contributed by atoms with Crippen LogP contribution < -0.4 is 5.32 Å². The summed E-state index contributed by atoms with van der Waals surface area (Å²) in [6.45, 7) is 2.60. The summed E-state index contributed by atoms with van der Waals surface area (Å²) < 4.78 is 7.79. The van der Waals surface area contributed by atoms with Crippen molar-refractivity contribution in [2.75, 3.05) is 5.32 Å². The lowest BCUT2D eigenvalue weighted by Gasteiger charge is -2.13. The second-order valence-corrected chi connectivity index (χ2v) is 8.16. The number of amides is 1. The Morgan fingerprint density at radius 2 is 2.19 bits per heavy atom. The van der Waals surface area contributed by atoms with Gasteiger partial charge in [-0.1, -0.05) is 36.4 Å². The van der Waals surface area contributed by atoms with E-state index in [9.17, 15) is 4.79 Å². The highest BCUT2D eigenvalue weighted by Crippen LogP contribution is 2.31. The Hall–Kier alpha value is -3.25. The molecule has 31 heavy (non-hydrogen) atoms. The molecule has 1 unspecified atom stereocenters. The molecule has 0 saturated heterocycles. The highest BCUT2D eigenvalue weighted by atomic mass is 16.5. The molecule has 2 heterocycles. The highest BCUT2D eigenvalue weighted by molar-refractivity contribution is 5.93. The predicted octanol–water partition coefficient (Wildman–Crippen LogP) is 5.01. The third-order valence-electron chi connectivity index (χ3n) is 5.77. The Morgan fingerprint density at radius 1 is 1.29 bits per heavy atom. The summed E-state index contributed by atoms with van der Waals surface area (Å²) in [6.07, 6.45) is 14.6. The van der Waals surface area contributed by atoms with Gasteiger partial charge in [-0.15, -0.1) is 5.10 Å². The van der Waals surface area contributed by atoms with E-state index in [-0.39, 0.29) is 17.9 Å². The SMILES string of the molecule is CC=Cc1cc(-c2cccn3nc(NC(=O)C4CC4)nc23)ccc1COC1C=CCC1. The van der Waals surface area contributed by atoms with Crippen molar-refractivity contribution in [2.24, 2.45) is 5.92 Å². The van der Waals surface area contributed by atoms with Crippen LogP contribution >= 0.6 is 0 Å². The molecule has 1 N–H and O–H groups in total. The molecule has 2 aliphatic carbocycles. The number of pyridine rings is 1. The Morgan fingerprint density at radius 3 is 2.97 bits per heavy atom. The summed E-state index contributed by atoms with van der Waals surface area (Å²) in [6, 6.07) is 10.4. The van der Waals surface area contributed by atoms with Gasteiger partial charge in [0.15, 0.2) is 5.65 Å². The number of hydrogen-bond donors (Lipinski definition) is 1. The monoisotopic (exact) mass is 414 g/mol. The molecule has 1 atom stereocenters. The van der Waals surface area contributed by atoms with Crippen LogP contribution in [0.25, 0.3) is 22.9 Å². The van der Waals surface area contributed by atoms with Crippen molar-refractivity contribution in [3.8, 4) is 11.1 Å². The van der Waals surface area contributed by atoms with E-state index in [1.165, 1.54) is 0 Å². The number of fused-ring (bicyclic) bond motifs is 1. The van der Waals surface area contributed by atoms with E-state index < -0.39 is 0 Å². The fourth-order valence-corrected chi connectivity index (χ4v) is 3.91. The number of anilines is 1. The van der Waals surface area contributed by atoms with Gasteiger partial charge in [0.1, 0.15) is 0 Å². The molecular formula is C25H26N4O2. The third-order valence-corrected chi connectivity index (χ3v) is 5.77. The van der Waals surface area contributed by atoms with Crippen molar-refractivity contribution in [3.63, 3.8) is 0 Å². The molecule has 0 bridgehead atoms. The lowest BCUT2D eigenvalue weighted by molar-refractivity contribution is -0.117. The summed E-state index contributed by atoms with van der Waals surface area (Å²) in [4.78, 5) is 16.7. The van der Waals surface area contributed by atoms with Crippen LogP contribution in [0.4, 0.5) is 5.95 Å². The van der Waals surface area contributed by atoms with Crippen LogP contribution in [0, 0.1) is 5.92 Å². The maximum absolute atomic E-state index is 12.1. The molecule has 158 valence electrons. The average molecular weight is 415 g/mol. The van der Waals surface area contributed by atoms with Gasteiger partial charge >= 0.3 is 0 Å². The van der Waals surface area contributed by atoms with E-state index in [0.29, 0.717) is 12.6 Å². The fraction of sp³-hybridized carbons (Fsp3) is 0.320. The molecule has 3 aromatic rings. The first-order chi connectivity index (χ1) is 15.2. The first-order valence-corrected chi connectivity index (χ1v) is 10.9. The summed E-state index contributed by atoms with van der Waals surface area (Å²) in [7, 11) is 0. The van der Waals surface area contributed by atoms with Crippen molar-refractivity contribution in [1.82, 2.24) is 14.6 Å². The minimum atomic E-state index is 0.00860. The molecule has 0 aliphatic heterocycles. The molecule has 6 heteroatoms. The lowest BCUT2D eigenvalue weighted by Crippen LogP contribution is -2.14. The van der Waals surface area contributed by atoms with Crippen molar-refractivity contribution < 1.29 is 9.53 Å². The molecule has 1 amide bonds. The van der Waals surface area contributed by atoms with Gasteiger partial charge in [-0.2, -0.15) is 4.98 Å². The summed E-state index contributed by atoms with van der Waals surface area (Å²) in [5.74, 6) is 0.478. The molecule has 2 aliphatic rings.